The van der Waals surface area contributed by atoms with Gasteiger partial charge in [0, 0.05) is 28.0 Å². The summed E-state index contributed by atoms with van der Waals surface area (Å²) in [6.07, 6.45) is 7.28. The zero-order valence-electron chi connectivity index (χ0n) is 26.9. The summed E-state index contributed by atoms with van der Waals surface area (Å²) >= 11 is 13.0. The first-order valence-electron chi connectivity index (χ1n) is 15.2. The molecule has 0 bridgehead atoms. The molecule has 2 amide bonds. The van der Waals surface area contributed by atoms with Crippen molar-refractivity contribution in [2.75, 3.05) is 0 Å². The molecule has 15 heteroatoms. The Morgan fingerprint density at radius 3 is 2.02 bits per heavy atom. The largest absolute Gasteiger partial charge is 0.473 e. The van der Waals surface area contributed by atoms with E-state index in [1.165, 1.54) is 11.3 Å². The van der Waals surface area contributed by atoms with Crippen molar-refractivity contribution in [3.05, 3.63) is 104 Å². The molecule has 254 valence electrons. The van der Waals surface area contributed by atoms with Crippen LogP contribution in [0, 0.1) is 26.2 Å². The highest BCUT2D eigenvalue weighted by atomic mass is 35.5. The summed E-state index contributed by atoms with van der Waals surface area (Å²) in [5.74, 6) is -0.267. The van der Waals surface area contributed by atoms with Gasteiger partial charge in [-0.3, -0.25) is 9.59 Å². The van der Waals surface area contributed by atoms with Gasteiger partial charge >= 0.3 is 6.15 Å². The minimum atomic E-state index is -0.509. The molecule has 12 nitrogen and oxygen atoms in total. The Kier molecular flexibility index (Phi) is 11.0. The molecule has 1 spiro atoms. The average molecular weight is 723 g/mol. The highest BCUT2D eigenvalue weighted by Gasteiger charge is 2.54. The van der Waals surface area contributed by atoms with Crippen LogP contribution in [0.3, 0.4) is 0 Å². The molecule has 3 aromatic heterocycles. The quantitative estimate of drug-likeness (QED) is 0.205. The Labute approximate surface area is 296 Å². The first-order chi connectivity index (χ1) is 23.4. The number of aryl methyl sites for hydroxylation is 2. The molecule has 0 radical (unpaired) electrons. The number of benzene rings is 2. The Morgan fingerprint density at radius 2 is 1.49 bits per heavy atom. The minimum absolute atomic E-state index is 0.0288. The van der Waals surface area contributed by atoms with Crippen LogP contribution in [0.1, 0.15) is 62.1 Å². The number of hydrogen-bond acceptors (Lipinski definition) is 9. The lowest BCUT2D eigenvalue weighted by molar-refractivity contribution is -0.191. The second-order valence-electron chi connectivity index (χ2n) is 11.9. The smallest absolute Gasteiger partial charge is 0.373 e. The lowest BCUT2D eigenvalue weighted by atomic mass is 9.53. The molecule has 2 saturated carbocycles. The lowest BCUT2D eigenvalue weighted by Crippen LogP contribution is -2.58. The number of rotatable bonds is 7. The number of carbonyl (C=O) groups is 2. The zero-order chi connectivity index (χ0) is 35.3. The molecule has 2 aliphatic carbocycles. The van der Waals surface area contributed by atoms with Gasteiger partial charge in [0.1, 0.15) is 6.10 Å². The van der Waals surface area contributed by atoms with Crippen LogP contribution < -0.4 is 15.8 Å². The van der Waals surface area contributed by atoms with Crippen LogP contribution in [0.5, 0.6) is 5.88 Å². The molecule has 49 heavy (non-hydrogen) atoms. The van der Waals surface area contributed by atoms with Crippen LogP contribution in [-0.2, 0) is 9.59 Å². The maximum atomic E-state index is 12.8. The summed E-state index contributed by atoms with van der Waals surface area (Å²) in [6, 6.07) is 17.0. The highest BCUT2D eigenvalue weighted by molar-refractivity contribution is 7.13. The number of hydrogen-bond donors (Lipinski definition) is 2. The second-order valence-corrected chi connectivity index (χ2v) is 14.0. The van der Waals surface area contributed by atoms with Crippen LogP contribution in [0.15, 0.2) is 67.0 Å². The number of amides is 2. The molecular formula is C34H33Cl2N7O5S. The minimum Gasteiger partial charge on any atom is -0.473 e. The normalized spacial score (nSPS) is 18.8. The number of nitrogens with two attached hydrogens (primary N) is 1. The predicted octanol–water partition coefficient (Wildman–Crippen LogP) is 6.07. The van der Waals surface area contributed by atoms with Gasteiger partial charge in [-0.2, -0.15) is 19.8 Å². The van der Waals surface area contributed by atoms with E-state index in [0.717, 1.165) is 58.5 Å². The standard InChI is InChI=1S/C23H24ClN5O3S.C10H9ClN2.CO2/c1-12-18(11-26-29(12)16-5-3-14(24)4-6-16)21(31)28-15-7-23(8-15)9-17(10-23)32-22-19(20(25)30)33-13(2)27-22;1-8-6-7-12-13(8)10-4-2-9(11)3-5-10;2-1-3/h3-6,11,15,17H,7-10H2,1-2H3,(H2,25,30)(H,28,31);2-7H,1H3;. The van der Waals surface area contributed by atoms with Crippen LogP contribution in [0.2, 0.25) is 10.0 Å². The third kappa shape index (κ3) is 8.26. The number of nitrogens with zero attached hydrogens (tertiary/aromatic N) is 5. The summed E-state index contributed by atoms with van der Waals surface area (Å²) in [7, 11) is 0. The van der Waals surface area contributed by atoms with Crippen molar-refractivity contribution in [3.63, 3.8) is 0 Å². The summed E-state index contributed by atoms with van der Waals surface area (Å²) < 4.78 is 9.55. The molecule has 2 fully saturated rings. The second kappa shape index (κ2) is 15.2. The molecule has 0 saturated heterocycles. The topological polar surface area (TPSA) is 164 Å². The third-order valence-electron chi connectivity index (χ3n) is 8.45. The van der Waals surface area contributed by atoms with Gasteiger partial charge < -0.3 is 15.8 Å². The van der Waals surface area contributed by atoms with E-state index in [1.54, 1.807) is 29.2 Å². The molecule has 0 aliphatic heterocycles. The lowest BCUT2D eigenvalue weighted by Gasteiger charge is -2.57. The first kappa shape index (κ1) is 35.5. The van der Waals surface area contributed by atoms with E-state index in [9.17, 15) is 9.59 Å². The molecule has 0 unspecified atom stereocenters. The van der Waals surface area contributed by atoms with E-state index in [2.05, 4.69) is 20.5 Å². The number of halogens is 2. The zero-order valence-corrected chi connectivity index (χ0v) is 29.2. The Bertz CT molecular complexity index is 1970. The number of aromatic nitrogens is 5. The Morgan fingerprint density at radius 1 is 0.918 bits per heavy atom. The molecule has 2 aliphatic rings. The van der Waals surface area contributed by atoms with E-state index in [-0.39, 0.29) is 29.6 Å². The van der Waals surface area contributed by atoms with Gasteiger partial charge in [0.25, 0.3) is 11.8 Å². The van der Waals surface area contributed by atoms with E-state index in [4.69, 9.17) is 43.3 Å². The van der Waals surface area contributed by atoms with Crippen molar-refractivity contribution >= 4 is 52.5 Å². The fourth-order valence-corrected chi connectivity index (χ4v) is 7.13. The monoisotopic (exact) mass is 721 g/mol. The first-order valence-corrected chi connectivity index (χ1v) is 16.8. The van der Waals surface area contributed by atoms with Crippen molar-refractivity contribution in [2.24, 2.45) is 11.1 Å². The van der Waals surface area contributed by atoms with Crippen molar-refractivity contribution < 1.29 is 23.9 Å². The SMILES string of the molecule is Cc1ccnn1-c1ccc(Cl)cc1.Cc1nc(OC2CC3(CC(NC(=O)c4cnn(-c5ccc(Cl)cc5)c4C)C3)C2)c(C(N)=O)s1.O=C=O. The predicted molar refractivity (Wildman–Crippen MR) is 184 cm³/mol. The number of primary amides is 1. The average Bonchev–Trinajstić information content (AvgIpc) is 3.74. The van der Waals surface area contributed by atoms with Gasteiger partial charge in [-0.1, -0.05) is 23.2 Å². The van der Waals surface area contributed by atoms with Crippen molar-refractivity contribution in [2.45, 2.75) is 58.6 Å². The number of nitrogens with one attached hydrogen (secondary N) is 1. The van der Waals surface area contributed by atoms with Gasteiger partial charge in [-0.25, -0.2) is 14.3 Å². The van der Waals surface area contributed by atoms with Crippen LogP contribution in [0.25, 0.3) is 11.4 Å². The van der Waals surface area contributed by atoms with Gasteiger partial charge in [0.05, 0.1) is 33.8 Å². The van der Waals surface area contributed by atoms with E-state index in [0.29, 0.717) is 21.3 Å². The van der Waals surface area contributed by atoms with E-state index >= 15 is 0 Å². The molecule has 3 N–H and O–H groups in total. The van der Waals surface area contributed by atoms with E-state index < -0.39 is 5.91 Å². The molecule has 7 rings (SSSR count). The number of thiazole rings is 1. The Hall–Kier alpha value is -4.81. The van der Waals surface area contributed by atoms with Crippen molar-refractivity contribution in [1.82, 2.24) is 29.9 Å². The van der Waals surface area contributed by atoms with Crippen molar-refractivity contribution in [1.29, 1.82) is 0 Å². The van der Waals surface area contributed by atoms with Gasteiger partial charge in [0.2, 0.25) is 5.88 Å². The molecular weight excluding hydrogens is 689 g/mol. The number of ether oxygens (including phenoxy) is 1. The third-order valence-corrected chi connectivity index (χ3v) is 9.92. The molecule has 0 atom stereocenters. The fraction of sp³-hybridized carbons (Fsp3) is 0.294. The van der Waals surface area contributed by atoms with Gasteiger partial charge in [-0.05, 0) is 106 Å². The summed E-state index contributed by atoms with van der Waals surface area (Å²) in [5, 5.41) is 13.9. The fourth-order valence-electron chi connectivity index (χ4n) is 6.17. The highest BCUT2D eigenvalue weighted by Crippen LogP contribution is 2.57. The van der Waals surface area contributed by atoms with E-state index in [1.807, 2.05) is 67.9 Å². The maximum Gasteiger partial charge on any atom is 0.373 e. The number of carbonyl (C=O) groups excluding carboxylic acids is 4. The van der Waals surface area contributed by atoms with Crippen molar-refractivity contribution in [3.8, 4) is 17.3 Å². The Balaban J connectivity index is 0.000000242. The molecule has 2 aromatic carbocycles. The van der Waals surface area contributed by atoms with Gasteiger partial charge in [0.15, 0.2) is 4.88 Å². The van der Waals surface area contributed by atoms with Gasteiger partial charge in [-0.15, -0.1) is 11.3 Å². The summed E-state index contributed by atoms with van der Waals surface area (Å²) in [5.41, 5.74) is 9.97. The molecule has 5 aromatic rings. The van der Waals surface area contributed by atoms with Crippen LogP contribution in [0.4, 0.5) is 0 Å². The van der Waals surface area contributed by atoms with Crippen LogP contribution in [-0.4, -0.2) is 54.7 Å². The summed E-state index contributed by atoms with van der Waals surface area (Å²) in [4.78, 5) is 45.3. The summed E-state index contributed by atoms with van der Waals surface area (Å²) in [6.45, 7) is 5.72. The maximum absolute atomic E-state index is 12.8. The van der Waals surface area contributed by atoms with Crippen LogP contribution >= 0.6 is 34.5 Å². The molecule has 3 heterocycles.